The molecular weight excluding hydrogens is 1000 g/mol. The van der Waals surface area contributed by atoms with Crippen LogP contribution in [0.15, 0.2) is 160 Å². The third-order valence-corrected chi connectivity index (χ3v) is 16.1. The average molecular weight is 1050 g/mol. The molecule has 0 aliphatic carbocycles. The summed E-state index contributed by atoms with van der Waals surface area (Å²) in [4.78, 5) is 77.9. The second-order valence-corrected chi connectivity index (χ2v) is 22.6. The standard InChI is InChI=1S/C54H51N7O8S4/c1-52(2,3)68-49(65)53(4,5)69-60-42(40-32-71-50(56-40)59-54(35-16-10-7-11-17-35,36-18-12-8-13-19-36)37-20-14-9-15-21-37)45(62)58-43-46(63)61-44(48(64)67-29-33-22-24-38(66-6)25-23-33)34(30-70-47(43)61)31-72-51-57-39-28-55-27-26-41(39)73-51/h7-28,32,43,47H,29-31H2,1-6H3,(H,56,59)(H,58,62)/b60-42+/t43?,47-/m1/s1. The summed E-state index contributed by atoms with van der Waals surface area (Å²) in [6, 6.07) is 37.9. The molecule has 1 saturated heterocycles. The molecule has 7 aromatic rings. The number of thiazole rings is 2. The summed E-state index contributed by atoms with van der Waals surface area (Å²) in [7, 11) is 1.57. The molecule has 9 rings (SSSR count). The molecule has 2 atom stereocenters. The number of esters is 2. The number of hydrogen-bond acceptors (Lipinski definition) is 17. The van der Waals surface area contributed by atoms with Crippen molar-refractivity contribution >= 4 is 91.0 Å². The number of methoxy groups -OCH3 is 1. The Morgan fingerprint density at radius 3 is 2.10 bits per heavy atom. The summed E-state index contributed by atoms with van der Waals surface area (Å²) in [5, 5.41) is 12.3. The first kappa shape index (κ1) is 50.9. The van der Waals surface area contributed by atoms with E-state index in [-0.39, 0.29) is 23.7 Å². The monoisotopic (exact) mass is 1050 g/mol. The molecule has 1 fully saturated rings. The lowest BCUT2D eigenvalue weighted by Crippen LogP contribution is -2.71. The number of fused-ring (bicyclic) bond motifs is 2. The van der Waals surface area contributed by atoms with Gasteiger partial charge in [0.2, 0.25) is 5.60 Å². The van der Waals surface area contributed by atoms with Crippen LogP contribution in [0.2, 0.25) is 0 Å². The number of anilines is 1. The second kappa shape index (κ2) is 21.6. The lowest BCUT2D eigenvalue weighted by molar-refractivity contribution is -0.179. The minimum Gasteiger partial charge on any atom is -0.497 e. The Hall–Kier alpha value is -7.06. The number of aromatic nitrogens is 3. The van der Waals surface area contributed by atoms with Gasteiger partial charge in [0, 0.05) is 23.1 Å². The van der Waals surface area contributed by atoms with Crippen LogP contribution in [0.3, 0.4) is 0 Å². The molecule has 0 bridgehead atoms. The number of carbonyl (C=O) groups excluding carboxylic acids is 4. The molecule has 4 aromatic carbocycles. The normalized spacial score (nSPS) is 16.1. The summed E-state index contributed by atoms with van der Waals surface area (Å²) in [5.74, 6) is -1.35. The topological polar surface area (TPSA) is 184 Å². The van der Waals surface area contributed by atoms with Crippen LogP contribution in [0.1, 0.15) is 62.6 Å². The summed E-state index contributed by atoms with van der Waals surface area (Å²) in [6.45, 7) is 8.13. The molecule has 5 heterocycles. The van der Waals surface area contributed by atoms with Crippen molar-refractivity contribution in [1.29, 1.82) is 0 Å². The molecule has 374 valence electrons. The third-order valence-electron chi connectivity index (χ3n) is 11.7. The van der Waals surface area contributed by atoms with Crippen molar-refractivity contribution in [3.8, 4) is 5.75 Å². The zero-order valence-corrected chi connectivity index (χ0v) is 44.0. The number of hydrogen-bond donors (Lipinski definition) is 2. The SMILES string of the molecule is COc1ccc(COC(=O)C2=C(CSc3nc4cnccc4s3)CS[C@@H]3C(NC(=O)/C(=N/OC(C)(C)C(=O)OC(C)(C)C)c4csc(NC(c5ccccc5)(c5ccccc5)c5ccccc5)n4)C(=O)N23)cc1. The zero-order chi connectivity index (χ0) is 51.3. The molecule has 2 amide bonds. The van der Waals surface area contributed by atoms with Crippen molar-refractivity contribution in [2.24, 2.45) is 5.16 Å². The van der Waals surface area contributed by atoms with Gasteiger partial charge in [-0.2, -0.15) is 0 Å². The van der Waals surface area contributed by atoms with E-state index in [1.54, 1.807) is 69.9 Å². The highest BCUT2D eigenvalue weighted by Gasteiger charge is 2.55. The molecule has 1 unspecified atom stereocenters. The van der Waals surface area contributed by atoms with Crippen molar-refractivity contribution in [3.63, 3.8) is 0 Å². The van der Waals surface area contributed by atoms with Gasteiger partial charge in [0.1, 0.15) is 51.8 Å². The predicted molar refractivity (Wildman–Crippen MR) is 285 cm³/mol. The summed E-state index contributed by atoms with van der Waals surface area (Å²) >= 11 is 5.61. The Bertz CT molecular complexity index is 3070. The number of thioether (sulfide) groups is 2. The highest BCUT2D eigenvalue weighted by molar-refractivity contribution is 8.02. The van der Waals surface area contributed by atoms with Gasteiger partial charge >= 0.3 is 11.9 Å². The summed E-state index contributed by atoms with van der Waals surface area (Å²) in [5.41, 5.74) is 1.48. The Labute approximate surface area is 438 Å². The highest BCUT2D eigenvalue weighted by atomic mass is 32.2. The van der Waals surface area contributed by atoms with Crippen LogP contribution >= 0.6 is 46.2 Å². The maximum absolute atomic E-state index is 14.8. The number of benzene rings is 4. The average Bonchev–Trinajstić information content (AvgIpc) is 4.05. The Balaban J connectivity index is 1.02. The van der Waals surface area contributed by atoms with Crippen LogP contribution < -0.4 is 15.4 Å². The van der Waals surface area contributed by atoms with Gasteiger partial charge in [0.25, 0.3) is 11.8 Å². The number of nitrogens with zero attached hydrogens (tertiary/aromatic N) is 5. The van der Waals surface area contributed by atoms with E-state index in [1.807, 2.05) is 97.1 Å². The fraction of sp³-hybridized carbons (Fsp3) is 0.259. The molecule has 0 saturated carbocycles. The molecule has 19 heteroatoms. The molecule has 2 aliphatic rings. The van der Waals surface area contributed by atoms with Crippen LogP contribution in [0, 0.1) is 0 Å². The van der Waals surface area contributed by atoms with Gasteiger partial charge in [-0.1, -0.05) is 120 Å². The number of ether oxygens (including phenoxy) is 3. The van der Waals surface area contributed by atoms with Gasteiger partial charge in [0.05, 0.1) is 18.0 Å². The van der Waals surface area contributed by atoms with Crippen LogP contribution in [0.25, 0.3) is 10.2 Å². The number of rotatable bonds is 18. The van der Waals surface area contributed by atoms with E-state index in [0.29, 0.717) is 28.0 Å². The van der Waals surface area contributed by atoms with Crippen molar-refractivity contribution in [2.45, 2.75) is 73.7 Å². The van der Waals surface area contributed by atoms with E-state index in [9.17, 15) is 19.2 Å². The lowest BCUT2D eigenvalue weighted by atomic mass is 9.77. The minimum absolute atomic E-state index is 0.0508. The smallest absolute Gasteiger partial charge is 0.355 e. The minimum atomic E-state index is -1.65. The van der Waals surface area contributed by atoms with Crippen molar-refractivity contribution in [2.75, 3.05) is 23.9 Å². The quantitative estimate of drug-likeness (QED) is 0.0207. The number of carbonyl (C=O) groups is 4. The third kappa shape index (κ3) is 11.1. The van der Waals surface area contributed by atoms with E-state index in [4.69, 9.17) is 29.0 Å². The lowest BCUT2D eigenvalue weighted by Gasteiger charge is -2.49. The molecule has 0 spiro atoms. The fourth-order valence-corrected chi connectivity index (χ4v) is 12.4. The molecule has 2 N–H and O–H groups in total. The maximum atomic E-state index is 14.8. The maximum Gasteiger partial charge on any atom is 0.355 e. The first-order chi connectivity index (χ1) is 35.1. The van der Waals surface area contributed by atoms with Crippen LogP contribution in [0.5, 0.6) is 5.75 Å². The van der Waals surface area contributed by atoms with Crippen molar-refractivity contribution in [1.82, 2.24) is 25.2 Å². The Morgan fingerprint density at radius 1 is 0.849 bits per heavy atom. The number of β-lactam (4-membered cyclic amide) rings is 1. The van der Waals surface area contributed by atoms with Crippen LogP contribution in [0.4, 0.5) is 5.13 Å². The van der Waals surface area contributed by atoms with Gasteiger partial charge in [-0.25, -0.2) is 19.6 Å². The Kier molecular flexibility index (Phi) is 15.0. The second-order valence-electron chi connectivity index (χ2n) is 18.4. The highest BCUT2D eigenvalue weighted by Crippen LogP contribution is 2.44. The summed E-state index contributed by atoms with van der Waals surface area (Å²) < 4.78 is 18.6. The number of pyridine rings is 1. The first-order valence-corrected chi connectivity index (χ1v) is 26.9. The Morgan fingerprint density at radius 2 is 1.49 bits per heavy atom. The van der Waals surface area contributed by atoms with E-state index in [1.165, 1.54) is 64.9 Å². The van der Waals surface area contributed by atoms with Gasteiger partial charge in [-0.05, 0) is 80.6 Å². The first-order valence-electron chi connectivity index (χ1n) is 23.1. The van der Waals surface area contributed by atoms with Gasteiger partial charge in [-0.3, -0.25) is 19.5 Å². The molecule has 3 aromatic heterocycles. The van der Waals surface area contributed by atoms with E-state index in [0.717, 1.165) is 36.8 Å². The fourth-order valence-electron chi connectivity index (χ4n) is 8.08. The summed E-state index contributed by atoms with van der Waals surface area (Å²) in [6.07, 6.45) is 3.42. The molecule has 2 aliphatic heterocycles. The van der Waals surface area contributed by atoms with Crippen LogP contribution in [-0.2, 0) is 45.6 Å². The molecule has 73 heavy (non-hydrogen) atoms. The molecule has 0 radical (unpaired) electrons. The van der Waals surface area contributed by atoms with Crippen LogP contribution in [-0.4, -0.2) is 90.5 Å². The predicted octanol–water partition coefficient (Wildman–Crippen LogP) is 9.59. The number of amides is 2. The van der Waals surface area contributed by atoms with E-state index < -0.39 is 51.9 Å². The number of nitrogens with one attached hydrogen (secondary N) is 2. The largest absolute Gasteiger partial charge is 0.497 e. The molecule has 15 nitrogen and oxygen atoms in total. The van der Waals surface area contributed by atoms with E-state index in [2.05, 4.69) is 20.8 Å². The van der Waals surface area contributed by atoms with Gasteiger partial charge in [0.15, 0.2) is 15.2 Å². The van der Waals surface area contributed by atoms with Crippen molar-refractivity contribution < 1.29 is 38.2 Å². The molecular formula is C54H51N7O8S4. The number of oxime groups is 1. The van der Waals surface area contributed by atoms with Crippen molar-refractivity contribution in [3.05, 3.63) is 178 Å². The van der Waals surface area contributed by atoms with Gasteiger partial charge in [-0.15, -0.1) is 34.4 Å². The van der Waals surface area contributed by atoms with E-state index >= 15 is 0 Å². The zero-order valence-electron chi connectivity index (χ0n) is 40.7. The van der Waals surface area contributed by atoms with Gasteiger partial charge < -0.3 is 29.7 Å².